The van der Waals surface area contributed by atoms with Gasteiger partial charge in [-0.2, -0.15) is 0 Å². The number of fused-ring (bicyclic) bond motifs is 1. The van der Waals surface area contributed by atoms with E-state index < -0.39 is 0 Å². The van der Waals surface area contributed by atoms with Crippen LogP contribution in [0.3, 0.4) is 0 Å². The SMILES string of the molecule is Cn1cnc2cc(-c3cnc(CN)[nH]3)ccc21. The van der Waals surface area contributed by atoms with E-state index in [-0.39, 0.29) is 0 Å². The molecular formula is C12H13N5. The van der Waals surface area contributed by atoms with Gasteiger partial charge in [-0.3, -0.25) is 0 Å². The molecule has 0 fully saturated rings. The Hall–Kier alpha value is -2.14. The first kappa shape index (κ1) is 10.0. The molecule has 0 atom stereocenters. The fourth-order valence-electron chi connectivity index (χ4n) is 1.92. The Morgan fingerprint density at radius 3 is 3.00 bits per heavy atom. The van der Waals surface area contributed by atoms with E-state index >= 15 is 0 Å². The van der Waals surface area contributed by atoms with Gasteiger partial charge in [-0.25, -0.2) is 9.97 Å². The van der Waals surface area contributed by atoms with Crippen LogP contribution in [0.5, 0.6) is 0 Å². The van der Waals surface area contributed by atoms with Crippen molar-refractivity contribution < 1.29 is 0 Å². The van der Waals surface area contributed by atoms with E-state index in [0.29, 0.717) is 6.54 Å². The van der Waals surface area contributed by atoms with E-state index in [1.54, 1.807) is 6.20 Å². The van der Waals surface area contributed by atoms with Gasteiger partial charge < -0.3 is 15.3 Å². The van der Waals surface area contributed by atoms with Crippen molar-refractivity contribution in [2.24, 2.45) is 12.8 Å². The maximum atomic E-state index is 5.53. The molecule has 0 spiro atoms. The molecule has 0 saturated carbocycles. The fraction of sp³-hybridized carbons (Fsp3) is 0.167. The normalized spacial score (nSPS) is 11.2. The van der Waals surface area contributed by atoms with Crippen molar-refractivity contribution in [1.82, 2.24) is 19.5 Å². The monoisotopic (exact) mass is 227 g/mol. The smallest absolute Gasteiger partial charge is 0.120 e. The Labute approximate surface area is 98.3 Å². The topological polar surface area (TPSA) is 72.5 Å². The number of aryl methyl sites for hydroxylation is 1. The summed E-state index contributed by atoms with van der Waals surface area (Å²) in [5, 5.41) is 0. The lowest BCUT2D eigenvalue weighted by Crippen LogP contribution is -1.97. The van der Waals surface area contributed by atoms with Gasteiger partial charge in [-0.15, -0.1) is 0 Å². The number of nitrogens with zero attached hydrogens (tertiary/aromatic N) is 3. The summed E-state index contributed by atoms with van der Waals surface area (Å²) in [7, 11) is 1.98. The second kappa shape index (κ2) is 3.71. The van der Waals surface area contributed by atoms with Crippen molar-refractivity contribution in [2.45, 2.75) is 6.54 Å². The quantitative estimate of drug-likeness (QED) is 0.695. The lowest BCUT2D eigenvalue weighted by atomic mass is 10.1. The van der Waals surface area contributed by atoms with Crippen LogP contribution in [-0.4, -0.2) is 19.5 Å². The van der Waals surface area contributed by atoms with Crippen LogP contribution in [0.2, 0.25) is 0 Å². The van der Waals surface area contributed by atoms with E-state index in [1.165, 1.54) is 0 Å². The van der Waals surface area contributed by atoms with Crippen LogP contribution in [0, 0.1) is 0 Å². The summed E-state index contributed by atoms with van der Waals surface area (Å²) < 4.78 is 2.00. The minimum atomic E-state index is 0.422. The number of H-pyrrole nitrogens is 1. The molecule has 2 heterocycles. The molecule has 0 saturated heterocycles. The van der Waals surface area contributed by atoms with Crippen molar-refractivity contribution in [1.29, 1.82) is 0 Å². The van der Waals surface area contributed by atoms with Crippen LogP contribution in [0.1, 0.15) is 5.82 Å². The molecule has 3 aromatic rings. The van der Waals surface area contributed by atoms with Gasteiger partial charge in [-0.05, 0) is 12.1 Å². The zero-order valence-electron chi connectivity index (χ0n) is 9.51. The Kier molecular flexibility index (Phi) is 2.19. The molecule has 0 radical (unpaired) electrons. The summed E-state index contributed by atoms with van der Waals surface area (Å²) in [4.78, 5) is 11.7. The molecule has 3 rings (SSSR count). The Morgan fingerprint density at radius 1 is 1.35 bits per heavy atom. The van der Waals surface area contributed by atoms with Crippen LogP contribution < -0.4 is 5.73 Å². The number of rotatable bonds is 2. The van der Waals surface area contributed by atoms with Crippen LogP contribution in [-0.2, 0) is 13.6 Å². The molecule has 86 valence electrons. The minimum Gasteiger partial charge on any atom is -0.341 e. The molecule has 0 unspecified atom stereocenters. The highest BCUT2D eigenvalue weighted by Gasteiger charge is 2.05. The van der Waals surface area contributed by atoms with Gasteiger partial charge in [0.25, 0.3) is 0 Å². The van der Waals surface area contributed by atoms with Gasteiger partial charge in [-0.1, -0.05) is 6.07 Å². The molecule has 1 aromatic carbocycles. The van der Waals surface area contributed by atoms with Crippen LogP contribution in [0.15, 0.2) is 30.7 Å². The number of nitrogens with one attached hydrogen (secondary N) is 1. The zero-order chi connectivity index (χ0) is 11.8. The molecule has 3 N–H and O–H groups in total. The van der Waals surface area contributed by atoms with Crippen LogP contribution in [0.4, 0.5) is 0 Å². The lowest BCUT2D eigenvalue weighted by Gasteiger charge is -1.98. The molecule has 0 bridgehead atoms. The number of hydrogen-bond donors (Lipinski definition) is 2. The summed E-state index contributed by atoms with van der Waals surface area (Å²) >= 11 is 0. The van der Waals surface area contributed by atoms with Crippen molar-refractivity contribution in [2.75, 3.05) is 0 Å². The largest absolute Gasteiger partial charge is 0.341 e. The number of nitrogens with two attached hydrogens (primary N) is 1. The maximum absolute atomic E-state index is 5.53. The lowest BCUT2D eigenvalue weighted by molar-refractivity contribution is 0.947. The molecule has 5 nitrogen and oxygen atoms in total. The van der Waals surface area contributed by atoms with E-state index in [9.17, 15) is 0 Å². The molecule has 0 aliphatic rings. The molecule has 2 aromatic heterocycles. The van der Waals surface area contributed by atoms with Gasteiger partial charge >= 0.3 is 0 Å². The van der Waals surface area contributed by atoms with Crippen molar-refractivity contribution in [3.63, 3.8) is 0 Å². The van der Waals surface area contributed by atoms with Gasteiger partial charge in [0.1, 0.15) is 5.82 Å². The first-order chi connectivity index (χ1) is 8.28. The highest BCUT2D eigenvalue weighted by molar-refractivity contribution is 5.81. The molecule has 5 heteroatoms. The van der Waals surface area contributed by atoms with Crippen molar-refractivity contribution >= 4 is 11.0 Å². The first-order valence-electron chi connectivity index (χ1n) is 5.43. The maximum Gasteiger partial charge on any atom is 0.120 e. The third-order valence-corrected chi connectivity index (χ3v) is 2.86. The molecule has 0 amide bonds. The fourth-order valence-corrected chi connectivity index (χ4v) is 1.92. The van der Waals surface area contributed by atoms with Crippen LogP contribution >= 0.6 is 0 Å². The number of benzene rings is 1. The average Bonchev–Trinajstić information content (AvgIpc) is 2.96. The second-order valence-electron chi connectivity index (χ2n) is 4.01. The summed E-state index contributed by atoms with van der Waals surface area (Å²) in [6.07, 6.45) is 3.61. The van der Waals surface area contributed by atoms with Gasteiger partial charge in [0.15, 0.2) is 0 Å². The molecule has 0 aliphatic heterocycles. The number of aromatic amines is 1. The highest BCUT2D eigenvalue weighted by Crippen LogP contribution is 2.21. The van der Waals surface area contributed by atoms with Gasteiger partial charge in [0, 0.05) is 12.6 Å². The van der Waals surface area contributed by atoms with E-state index in [1.807, 2.05) is 24.0 Å². The third-order valence-electron chi connectivity index (χ3n) is 2.86. The second-order valence-corrected chi connectivity index (χ2v) is 4.01. The molecule has 17 heavy (non-hydrogen) atoms. The Morgan fingerprint density at radius 2 is 2.24 bits per heavy atom. The molecule has 0 aliphatic carbocycles. The minimum absolute atomic E-state index is 0.422. The first-order valence-corrected chi connectivity index (χ1v) is 5.43. The Bertz CT molecular complexity index is 664. The van der Waals surface area contributed by atoms with Crippen molar-refractivity contribution in [3.8, 4) is 11.3 Å². The van der Waals surface area contributed by atoms with Gasteiger partial charge in [0.2, 0.25) is 0 Å². The van der Waals surface area contributed by atoms with E-state index in [4.69, 9.17) is 5.73 Å². The average molecular weight is 227 g/mol. The zero-order valence-corrected chi connectivity index (χ0v) is 9.51. The number of hydrogen-bond acceptors (Lipinski definition) is 3. The Balaban J connectivity index is 2.11. The van der Waals surface area contributed by atoms with Gasteiger partial charge in [0.05, 0.1) is 35.8 Å². The standard InChI is InChI=1S/C12H13N5/c1-17-7-15-9-4-8(2-3-11(9)17)10-6-14-12(5-13)16-10/h2-4,6-7H,5,13H2,1H3,(H,14,16). The summed E-state index contributed by atoms with van der Waals surface area (Å²) in [5.41, 5.74) is 9.67. The number of imidazole rings is 2. The van der Waals surface area contributed by atoms with E-state index in [0.717, 1.165) is 28.1 Å². The molecular weight excluding hydrogens is 214 g/mol. The summed E-state index contributed by atoms with van der Waals surface area (Å²) in [5.74, 6) is 0.793. The number of aromatic nitrogens is 4. The summed E-state index contributed by atoms with van der Waals surface area (Å²) in [6, 6.07) is 6.15. The predicted octanol–water partition coefficient (Wildman–Crippen LogP) is 1.42. The predicted molar refractivity (Wildman–Crippen MR) is 66.2 cm³/mol. The van der Waals surface area contributed by atoms with Crippen LogP contribution in [0.25, 0.3) is 22.3 Å². The third kappa shape index (κ3) is 1.60. The van der Waals surface area contributed by atoms with Crippen molar-refractivity contribution in [3.05, 3.63) is 36.5 Å². The highest BCUT2D eigenvalue weighted by atomic mass is 15.0. The van der Waals surface area contributed by atoms with E-state index in [2.05, 4.69) is 27.1 Å². The summed E-state index contributed by atoms with van der Waals surface area (Å²) in [6.45, 7) is 0.422.